The van der Waals surface area contributed by atoms with Gasteiger partial charge in [0, 0.05) is 25.4 Å². The van der Waals surface area contributed by atoms with Crippen LogP contribution in [0.2, 0.25) is 0 Å². The second-order valence-electron chi connectivity index (χ2n) is 6.40. The van der Waals surface area contributed by atoms with Crippen LogP contribution in [0, 0.1) is 6.92 Å². The number of aryl methyl sites for hydroxylation is 1. The predicted molar refractivity (Wildman–Crippen MR) is 104 cm³/mol. The summed E-state index contributed by atoms with van der Waals surface area (Å²) in [6, 6.07) is 8.19. The second kappa shape index (κ2) is 7.97. The monoisotopic (exact) mass is 372 g/mol. The average Bonchev–Trinajstić information content (AvgIpc) is 3.20. The van der Waals surface area contributed by atoms with Gasteiger partial charge in [0.1, 0.15) is 0 Å². The highest BCUT2D eigenvalue weighted by Gasteiger charge is 2.12. The van der Waals surface area contributed by atoms with Crippen molar-refractivity contribution in [3.05, 3.63) is 46.5 Å². The zero-order valence-electron chi connectivity index (χ0n) is 15.6. The van der Waals surface area contributed by atoms with Crippen molar-refractivity contribution in [3.63, 3.8) is 0 Å². The Kier molecular flexibility index (Phi) is 5.68. The fourth-order valence-electron chi connectivity index (χ4n) is 2.67. The van der Waals surface area contributed by atoms with Crippen molar-refractivity contribution in [2.24, 2.45) is 4.99 Å². The molecule has 0 saturated heterocycles. The Bertz CT molecular complexity index is 981. The van der Waals surface area contributed by atoms with Crippen LogP contribution in [0.5, 0.6) is 0 Å². The van der Waals surface area contributed by atoms with E-state index < -0.39 is 0 Å². The molecule has 2 aromatic heterocycles. The van der Waals surface area contributed by atoms with Gasteiger partial charge in [0.2, 0.25) is 0 Å². The minimum atomic E-state index is -0.321. The van der Waals surface area contributed by atoms with E-state index in [0.29, 0.717) is 30.3 Å². The molecular weight excluding hydrogens is 348 g/mol. The highest BCUT2D eigenvalue weighted by Crippen LogP contribution is 2.19. The van der Waals surface area contributed by atoms with E-state index in [-0.39, 0.29) is 11.9 Å². The zero-order chi connectivity index (χ0) is 18.7. The van der Waals surface area contributed by atoms with Gasteiger partial charge in [-0.2, -0.15) is 10.1 Å². The molecule has 0 fully saturated rings. The van der Waals surface area contributed by atoms with Crippen molar-refractivity contribution < 1.29 is 9.53 Å². The third-order valence-electron chi connectivity index (χ3n) is 4.06. The molecular formula is C19H24N4O2S. The maximum absolute atomic E-state index is 12.6. The Morgan fingerprint density at radius 1 is 1.35 bits per heavy atom. The van der Waals surface area contributed by atoms with E-state index in [1.54, 1.807) is 10.7 Å². The lowest BCUT2D eigenvalue weighted by molar-refractivity contribution is 0.0991. The Balaban J connectivity index is 2.02. The highest BCUT2D eigenvalue weighted by atomic mass is 32.1. The fourth-order valence-corrected chi connectivity index (χ4v) is 3.82. The van der Waals surface area contributed by atoms with Crippen LogP contribution in [0.1, 0.15) is 42.9 Å². The highest BCUT2D eigenvalue weighted by molar-refractivity contribution is 7.16. The van der Waals surface area contributed by atoms with E-state index in [2.05, 4.69) is 35.2 Å². The standard InChI is InChI=1S/C19H24N4O2S/c1-5-25-11-10-22-16-7-6-14(4)12-17(16)26-19(22)20-18(24)15-8-9-23(21-15)13(2)3/h6-9,12-13H,5,10-11H2,1-4H3. The summed E-state index contributed by atoms with van der Waals surface area (Å²) in [5.41, 5.74) is 2.62. The Labute approximate surface area is 156 Å². The molecule has 3 aromatic rings. The Morgan fingerprint density at radius 2 is 2.15 bits per heavy atom. The Hall–Kier alpha value is -2.25. The number of ether oxygens (including phenoxy) is 1. The van der Waals surface area contributed by atoms with Crippen molar-refractivity contribution in [2.75, 3.05) is 13.2 Å². The molecule has 3 rings (SSSR count). The molecule has 0 N–H and O–H groups in total. The smallest absolute Gasteiger partial charge is 0.300 e. The van der Waals surface area contributed by atoms with Gasteiger partial charge in [0.15, 0.2) is 10.5 Å². The van der Waals surface area contributed by atoms with E-state index in [0.717, 1.165) is 10.2 Å². The van der Waals surface area contributed by atoms with Crippen LogP contribution in [0.25, 0.3) is 10.2 Å². The second-order valence-corrected chi connectivity index (χ2v) is 7.41. The molecule has 0 spiro atoms. The topological polar surface area (TPSA) is 61.4 Å². The average molecular weight is 372 g/mol. The number of benzene rings is 1. The van der Waals surface area contributed by atoms with Crippen molar-refractivity contribution in [1.82, 2.24) is 14.3 Å². The molecule has 1 aromatic carbocycles. The van der Waals surface area contributed by atoms with E-state index in [1.807, 2.05) is 31.5 Å². The van der Waals surface area contributed by atoms with Crippen molar-refractivity contribution >= 4 is 27.5 Å². The molecule has 0 radical (unpaired) electrons. The number of carbonyl (C=O) groups excluding carboxylic acids is 1. The number of thiazole rings is 1. The summed E-state index contributed by atoms with van der Waals surface area (Å²) in [5.74, 6) is -0.321. The lowest BCUT2D eigenvalue weighted by atomic mass is 10.2. The molecule has 0 unspecified atom stereocenters. The molecule has 2 heterocycles. The van der Waals surface area contributed by atoms with Crippen LogP contribution in [0.15, 0.2) is 35.5 Å². The van der Waals surface area contributed by atoms with Crippen molar-refractivity contribution in [1.29, 1.82) is 0 Å². The van der Waals surface area contributed by atoms with Gasteiger partial charge >= 0.3 is 0 Å². The zero-order valence-corrected chi connectivity index (χ0v) is 16.4. The third kappa shape index (κ3) is 3.94. The number of aromatic nitrogens is 3. The number of hydrogen-bond acceptors (Lipinski definition) is 4. The normalized spacial score (nSPS) is 12.4. The molecule has 0 atom stereocenters. The van der Waals surface area contributed by atoms with Gasteiger partial charge in [-0.05, 0) is 51.5 Å². The van der Waals surface area contributed by atoms with Crippen LogP contribution < -0.4 is 4.80 Å². The van der Waals surface area contributed by atoms with Gasteiger partial charge in [0.25, 0.3) is 5.91 Å². The van der Waals surface area contributed by atoms with E-state index in [9.17, 15) is 4.79 Å². The minimum Gasteiger partial charge on any atom is -0.380 e. The van der Waals surface area contributed by atoms with E-state index >= 15 is 0 Å². The first-order chi connectivity index (χ1) is 12.5. The first-order valence-corrected chi connectivity index (χ1v) is 9.63. The van der Waals surface area contributed by atoms with E-state index in [1.165, 1.54) is 16.9 Å². The summed E-state index contributed by atoms with van der Waals surface area (Å²) < 4.78 is 10.4. The number of nitrogens with zero attached hydrogens (tertiary/aromatic N) is 4. The minimum absolute atomic E-state index is 0.208. The predicted octanol–water partition coefficient (Wildman–Crippen LogP) is 3.57. The SMILES string of the molecule is CCOCCn1c(=NC(=O)c2ccn(C(C)C)n2)sc2cc(C)ccc21. The summed E-state index contributed by atoms with van der Waals surface area (Å²) in [5, 5.41) is 4.32. The fraction of sp³-hybridized carbons (Fsp3) is 0.421. The molecule has 0 aliphatic rings. The molecule has 0 saturated carbocycles. The summed E-state index contributed by atoms with van der Waals surface area (Å²) >= 11 is 1.52. The van der Waals surface area contributed by atoms with Gasteiger partial charge in [0.05, 0.1) is 16.8 Å². The number of amides is 1. The number of hydrogen-bond donors (Lipinski definition) is 0. The largest absolute Gasteiger partial charge is 0.380 e. The first kappa shape index (κ1) is 18.5. The summed E-state index contributed by atoms with van der Waals surface area (Å²) in [6.07, 6.45) is 1.81. The summed E-state index contributed by atoms with van der Waals surface area (Å²) in [6.45, 7) is 9.98. The van der Waals surface area contributed by atoms with Gasteiger partial charge < -0.3 is 9.30 Å². The van der Waals surface area contributed by atoms with Crippen LogP contribution >= 0.6 is 11.3 Å². The van der Waals surface area contributed by atoms with Crippen molar-refractivity contribution in [2.45, 2.75) is 40.3 Å². The lowest BCUT2D eigenvalue weighted by Crippen LogP contribution is -2.20. The molecule has 6 nitrogen and oxygen atoms in total. The molecule has 138 valence electrons. The third-order valence-corrected chi connectivity index (χ3v) is 5.10. The molecule has 0 bridgehead atoms. The molecule has 26 heavy (non-hydrogen) atoms. The van der Waals surface area contributed by atoms with Crippen molar-refractivity contribution in [3.8, 4) is 0 Å². The van der Waals surface area contributed by atoms with Gasteiger partial charge in [-0.1, -0.05) is 17.4 Å². The van der Waals surface area contributed by atoms with Crippen LogP contribution in [0.4, 0.5) is 0 Å². The quantitative estimate of drug-likeness (QED) is 0.622. The first-order valence-electron chi connectivity index (χ1n) is 8.81. The summed E-state index contributed by atoms with van der Waals surface area (Å²) in [4.78, 5) is 17.6. The molecule has 7 heteroatoms. The van der Waals surface area contributed by atoms with Crippen LogP contribution in [0.3, 0.4) is 0 Å². The van der Waals surface area contributed by atoms with Gasteiger partial charge in [-0.3, -0.25) is 9.48 Å². The molecule has 0 aliphatic carbocycles. The number of carbonyl (C=O) groups is 1. The maximum Gasteiger partial charge on any atom is 0.300 e. The lowest BCUT2D eigenvalue weighted by Gasteiger charge is -2.05. The Morgan fingerprint density at radius 3 is 2.85 bits per heavy atom. The summed E-state index contributed by atoms with van der Waals surface area (Å²) in [7, 11) is 0. The molecule has 0 aliphatic heterocycles. The number of fused-ring (bicyclic) bond motifs is 1. The van der Waals surface area contributed by atoms with E-state index in [4.69, 9.17) is 4.74 Å². The van der Waals surface area contributed by atoms with Gasteiger partial charge in [-0.25, -0.2) is 0 Å². The number of rotatable bonds is 6. The van der Waals surface area contributed by atoms with Crippen LogP contribution in [-0.2, 0) is 11.3 Å². The maximum atomic E-state index is 12.6. The van der Waals surface area contributed by atoms with Gasteiger partial charge in [-0.15, -0.1) is 0 Å². The van der Waals surface area contributed by atoms with Crippen LogP contribution in [-0.4, -0.2) is 33.5 Å². The molecule has 1 amide bonds.